The Labute approximate surface area is 114 Å². The number of hydrogen-bond donors (Lipinski definition) is 1. The molecule has 1 saturated heterocycles. The van der Waals surface area contributed by atoms with E-state index < -0.39 is 0 Å². The molecule has 0 bridgehead atoms. The Morgan fingerprint density at radius 3 is 3.00 bits per heavy atom. The predicted molar refractivity (Wildman–Crippen MR) is 73.2 cm³/mol. The monoisotopic (exact) mass is 263 g/mol. The van der Waals surface area contributed by atoms with Gasteiger partial charge in [-0.05, 0) is 32.0 Å². The van der Waals surface area contributed by atoms with Crippen molar-refractivity contribution in [3.8, 4) is 0 Å². The quantitative estimate of drug-likeness (QED) is 0.800. The average molecular weight is 263 g/mol. The number of nitrogens with one attached hydrogen (secondary N) is 1. The molecular weight excluding hydrogens is 242 g/mol. The second kappa shape index (κ2) is 7.21. The van der Waals surface area contributed by atoms with Gasteiger partial charge in [0, 0.05) is 37.1 Å². The van der Waals surface area contributed by atoms with Crippen molar-refractivity contribution >= 4 is 5.91 Å². The van der Waals surface area contributed by atoms with Crippen LogP contribution in [0.3, 0.4) is 0 Å². The third-order valence-corrected chi connectivity index (χ3v) is 3.20. The van der Waals surface area contributed by atoms with E-state index in [0.29, 0.717) is 12.1 Å². The zero-order valence-electron chi connectivity index (χ0n) is 11.4. The van der Waals surface area contributed by atoms with E-state index in [9.17, 15) is 4.79 Å². The number of carbonyl (C=O) groups excluding carboxylic acids is 1. The van der Waals surface area contributed by atoms with Gasteiger partial charge in [0.2, 0.25) is 0 Å². The molecule has 2 heterocycles. The zero-order valence-corrected chi connectivity index (χ0v) is 11.4. The highest BCUT2D eigenvalue weighted by atomic mass is 16.5. The van der Waals surface area contributed by atoms with Gasteiger partial charge in [-0.2, -0.15) is 0 Å². The molecule has 2 rings (SSSR count). The number of morpholine rings is 1. The van der Waals surface area contributed by atoms with Crippen molar-refractivity contribution in [2.45, 2.75) is 13.3 Å². The number of pyridine rings is 1. The van der Waals surface area contributed by atoms with Crippen LogP contribution in [0.15, 0.2) is 18.3 Å². The van der Waals surface area contributed by atoms with E-state index in [0.717, 1.165) is 45.0 Å². The number of aryl methyl sites for hydroxylation is 1. The lowest BCUT2D eigenvalue weighted by Gasteiger charge is -2.26. The van der Waals surface area contributed by atoms with Crippen LogP contribution in [-0.2, 0) is 4.74 Å². The average Bonchev–Trinajstić information content (AvgIpc) is 2.44. The smallest absolute Gasteiger partial charge is 0.251 e. The van der Waals surface area contributed by atoms with Crippen LogP contribution in [0.1, 0.15) is 22.5 Å². The van der Waals surface area contributed by atoms with Crippen molar-refractivity contribution in [2.75, 3.05) is 39.4 Å². The van der Waals surface area contributed by atoms with Gasteiger partial charge in [0.1, 0.15) is 0 Å². The third-order valence-electron chi connectivity index (χ3n) is 3.20. The lowest BCUT2D eigenvalue weighted by atomic mass is 10.2. The summed E-state index contributed by atoms with van der Waals surface area (Å²) in [7, 11) is 0. The first-order valence-electron chi connectivity index (χ1n) is 6.76. The SMILES string of the molecule is Cc1cc(C(=O)NCCCN2CCOCC2)ccn1. The zero-order chi connectivity index (χ0) is 13.5. The Balaban J connectivity index is 1.66. The number of nitrogens with zero attached hydrogens (tertiary/aromatic N) is 2. The van der Waals surface area contributed by atoms with Gasteiger partial charge in [0.25, 0.3) is 5.91 Å². The Bertz CT molecular complexity index is 417. The van der Waals surface area contributed by atoms with E-state index in [1.54, 1.807) is 18.3 Å². The Morgan fingerprint density at radius 1 is 1.47 bits per heavy atom. The standard InChI is InChI=1S/C14H21N3O2/c1-12-11-13(3-5-15-12)14(18)16-4-2-6-17-7-9-19-10-8-17/h3,5,11H,2,4,6-10H2,1H3,(H,16,18). The first-order valence-corrected chi connectivity index (χ1v) is 6.76. The van der Waals surface area contributed by atoms with Crippen molar-refractivity contribution in [2.24, 2.45) is 0 Å². The van der Waals surface area contributed by atoms with Crippen molar-refractivity contribution in [1.82, 2.24) is 15.2 Å². The summed E-state index contributed by atoms with van der Waals surface area (Å²) in [6, 6.07) is 3.54. The van der Waals surface area contributed by atoms with Crippen LogP contribution in [0.25, 0.3) is 0 Å². The lowest BCUT2D eigenvalue weighted by molar-refractivity contribution is 0.0374. The molecule has 5 nitrogen and oxygen atoms in total. The molecule has 1 amide bonds. The van der Waals surface area contributed by atoms with Gasteiger partial charge < -0.3 is 10.1 Å². The van der Waals surface area contributed by atoms with Gasteiger partial charge in [-0.15, -0.1) is 0 Å². The summed E-state index contributed by atoms with van der Waals surface area (Å²) in [6.07, 6.45) is 2.63. The summed E-state index contributed by atoms with van der Waals surface area (Å²) in [4.78, 5) is 18.3. The highest BCUT2D eigenvalue weighted by molar-refractivity contribution is 5.94. The van der Waals surface area contributed by atoms with Crippen LogP contribution in [-0.4, -0.2) is 55.2 Å². The van der Waals surface area contributed by atoms with Gasteiger partial charge in [-0.25, -0.2) is 0 Å². The molecule has 0 aliphatic carbocycles. The molecule has 0 saturated carbocycles. The number of aromatic nitrogens is 1. The normalized spacial score (nSPS) is 16.3. The van der Waals surface area contributed by atoms with Crippen LogP contribution in [0.4, 0.5) is 0 Å². The van der Waals surface area contributed by atoms with Crippen molar-refractivity contribution in [3.63, 3.8) is 0 Å². The Hall–Kier alpha value is -1.46. The molecule has 104 valence electrons. The summed E-state index contributed by atoms with van der Waals surface area (Å²) in [6.45, 7) is 7.24. The summed E-state index contributed by atoms with van der Waals surface area (Å²) >= 11 is 0. The molecular formula is C14H21N3O2. The Kier molecular flexibility index (Phi) is 5.30. The second-order valence-electron chi connectivity index (χ2n) is 4.75. The molecule has 1 aliphatic rings. The predicted octanol–water partition coefficient (Wildman–Crippen LogP) is 0.842. The fourth-order valence-corrected chi connectivity index (χ4v) is 2.12. The third kappa shape index (κ3) is 4.61. The molecule has 0 unspecified atom stereocenters. The molecule has 0 radical (unpaired) electrons. The number of hydrogen-bond acceptors (Lipinski definition) is 4. The second-order valence-corrected chi connectivity index (χ2v) is 4.75. The minimum Gasteiger partial charge on any atom is -0.379 e. The first kappa shape index (κ1) is 14.0. The highest BCUT2D eigenvalue weighted by Crippen LogP contribution is 2.01. The summed E-state index contributed by atoms with van der Waals surface area (Å²) in [5.74, 6) is -0.0209. The molecule has 19 heavy (non-hydrogen) atoms. The number of rotatable bonds is 5. The molecule has 0 atom stereocenters. The minimum absolute atomic E-state index is 0.0209. The van der Waals surface area contributed by atoms with Crippen LogP contribution < -0.4 is 5.32 Å². The fourth-order valence-electron chi connectivity index (χ4n) is 2.12. The Morgan fingerprint density at radius 2 is 2.26 bits per heavy atom. The molecule has 1 N–H and O–H groups in total. The maximum atomic E-state index is 11.9. The lowest BCUT2D eigenvalue weighted by Crippen LogP contribution is -2.38. The van der Waals surface area contributed by atoms with E-state index in [2.05, 4.69) is 15.2 Å². The van der Waals surface area contributed by atoms with Gasteiger partial charge in [0.05, 0.1) is 13.2 Å². The van der Waals surface area contributed by atoms with E-state index in [4.69, 9.17) is 4.74 Å². The van der Waals surface area contributed by atoms with Crippen molar-refractivity contribution in [3.05, 3.63) is 29.6 Å². The molecule has 0 spiro atoms. The maximum Gasteiger partial charge on any atom is 0.251 e. The van der Waals surface area contributed by atoms with E-state index >= 15 is 0 Å². The summed E-state index contributed by atoms with van der Waals surface area (Å²) in [5, 5.41) is 2.94. The fraction of sp³-hybridized carbons (Fsp3) is 0.571. The molecule has 1 fully saturated rings. The maximum absolute atomic E-state index is 11.9. The minimum atomic E-state index is -0.0209. The highest BCUT2D eigenvalue weighted by Gasteiger charge is 2.10. The van der Waals surface area contributed by atoms with Crippen LogP contribution in [0.2, 0.25) is 0 Å². The molecule has 1 aromatic rings. The van der Waals surface area contributed by atoms with Crippen LogP contribution in [0.5, 0.6) is 0 Å². The molecule has 0 aromatic carbocycles. The van der Waals surface area contributed by atoms with Crippen LogP contribution in [0, 0.1) is 6.92 Å². The van der Waals surface area contributed by atoms with Crippen molar-refractivity contribution in [1.29, 1.82) is 0 Å². The van der Waals surface area contributed by atoms with Crippen molar-refractivity contribution < 1.29 is 9.53 Å². The molecule has 1 aromatic heterocycles. The first-order chi connectivity index (χ1) is 9.25. The van der Waals surface area contributed by atoms with Crippen LogP contribution >= 0.6 is 0 Å². The molecule has 5 heteroatoms. The topological polar surface area (TPSA) is 54.5 Å². The van der Waals surface area contributed by atoms with Gasteiger partial charge in [0.15, 0.2) is 0 Å². The van der Waals surface area contributed by atoms with Gasteiger partial charge in [-0.1, -0.05) is 0 Å². The van der Waals surface area contributed by atoms with E-state index in [-0.39, 0.29) is 5.91 Å². The molecule has 1 aliphatic heterocycles. The largest absolute Gasteiger partial charge is 0.379 e. The van der Waals surface area contributed by atoms with E-state index in [1.807, 2.05) is 6.92 Å². The number of carbonyl (C=O) groups is 1. The van der Waals surface area contributed by atoms with Gasteiger partial charge in [-0.3, -0.25) is 14.7 Å². The van der Waals surface area contributed by atoms with Gasteiger partial charge >= 0.3 is 0 Å². The number of ether oxygens (including phenoxy) is 1. The van der Waals surface area contributed by atoms with E-state index in [1.165, 1.54) is 0 Å². The summed E-state index contributed by atoms with van der Waals surface area (Å²) in [5.41, 5.74) is 1.54. The number of amides is 1. The summed E-state index contributed by atoms with van der Waals surface area (Å²) < 4.78 is 5.30.